The number of halogens is 1. The number of carbonyl (C=O) groups is 1. The summed E-state index contributed by atoms with van der Waals surface area (Å²) in [5, 5.41) is 4.04. The predicted molar refractivity (Wildman–Crippen MR) is 84.4 cm³/mol. The summed E-state index contributed by atoms with van der Waals surface area (Å²) in [6, 6.07) is 4.40. The first kappa shape index (κ1) is 15.2. The van der Waals surface area contributed by atoms with E-state index in [4.69, 9.17) is 9.26 Å². The van der Waals surface area contributed by atoms with Gasteiger partial charge < -0.3 is 14.2 Å². The molecule has 2 heterocycles. The molecule has 4 rings (SSSR count). The lowest BCUT2D eigenvalue weighted by Gasteiger charge is -2.19. The van der Waals surface area contributed by atoms with Crippen LogP contribution in [0.5, 0.6) is 5.75 Å². The summed E-state index contributed by atoms with van der Waals surface area (Å²) in [6.45, 7) is 1.13. The van der Waals surface area contributed by atoms with Gasteiger partial charge in [0.2, 0.25) is 0 Å². The van der Waals surface area contributed by atoms with Crippen molar-refractivity contribution in [2.45, 2.75) is 38.6 Å². The Morgan fingerprint density at radius 2 is 2.08 bits per heavy atom. The second-order valence-electron chi connectivity index (χ2n) is 6.32. The molecule has 0 atom stereocenters. The average Bonchev–Trinajstić information content (AvgIpc) is 2.76. The van der Waals surface area contributed by atoms with E-state index in [0.717, 1.165) is 43.4 Å². The Morgan fingerprint density at radius 1 is 1.21 bits per heavy atom. The highest BCUT2D eigenvalue weighted by molar-refractivity contribution is 5.94. The molecule has 2 aromatic rings. The minimum Gasteiger partial charge on any atom is -0.491 e. The van der Waals surface area contributed by atoms with E-state index in [2.05, 4.69) is 5.16 Å². The van der Waals surface area contributed by atoms with Gasteiger partial charge in [-0.25, -0.2) is 4.39 Å². The molecule has 24 heavy (non-hydrogen) atoms. The number of nitrogens with zero attached hydrogens (tertiary/aromatic N) is 2. The van der Waals surface area contributed by atoms with Gasteiger partial charge in [-0.05, 0) is 37.5 Å². The van der Waals surface area contributed by atoms with Crippen molar-refractivity contribution < 1.29 is 18.4 Å². The fraction of sp³-hybridized carbons (Fsp3) is 0.444. The molecule has 1 amide bonds. The molecule has 1 aromatic carbocycles. The van der Waals surface area contributed by atoms with Crippen molar-refractivity contribution in [1.82, 2.24) is 10.1 Å². The Morgan fingerprint density at radius 3 is 3.00 bits per heavy atom. The maximum atomic E-state index is 13.5. The summed E-state index contributed by atoms with van der Waals surface area (Å²) in [6.07, 6.45) is 4.93. The standard InChI is InChI=1S/C18H19FN2O3/c19-13-6-7-15-12(10-13)11-21(8-9-23-15)18(22)17-14-4-2-1-3-5-16(14)24-20-17/h6-7,10H,1-5,8-9,11H2. The molecule has 0 unspecified atom stereocenters. The Bertz CT molecular complexity index is 772. The van der Waals surface area contributed by atoms with Crippen molar-refractivity contribution in [3.8, 4) is 5.75 Å². The molecule has 0 saturated heterocycles. The lowest BCUT2D eigenvalue weighted by atomic mass is 10.1. The number of aromatic nitrogens is 1. The number of benzene rings is 1. The van der Waals surface area contributed by atoms with Crippen molar-refractivity contribution in [2.24, 2.45) is 0 Å². The molecule has 6 heteroatoms. The van der Waals surface area contributed by atoms with Gasteiger partial charge in [0.05, 0.1) is 6.54 Å². The molecule has 1 aromatic heterocycles. The lowest BCUT2D eigenvalue weighted by Crippen LogP contribution is -2.33. The quantitative estimate of drug-likeness (QED) is 0.754. The number of ether oxygens (including phenoxy) is 1. The van der Waals surface area contributed by atoms with Gasteiger partial charge in [-0.2, -0.15) is 0 Å². The first-order valence-electron chi connectivity index (χ1n) is 8.40. The fourth-order valence-electron chi connectivity index (χ4n) is 3.42. The van der Waals surface area contributed by atoms with Crippen LogP contribution < -0.4 is 4.74 Å². The van der Waals surface area contributed by atoms with Crippen molar-refractivity contribution in [3.05, 3.63) is 46.6 Å². The van der Waals surface area contributed by atoms with Crippen LogP contribution in [0.4, 0.5) is 4.39 Å². The van der Waals surface area contributed by atoms with Crippen LogP contribution in [0, 0.1) is 5.82 Å². The minimum atomic E-state index is -0.332. The molecule has 1 aliphatic heterocycles. The van der Waals surface area contributed by atoms with Gasteiger partial charge in [0.1, 0.15) is 23.9 Å². The van der Waals surface area contributed by atoms with E-state index in [1.807, 2.05) is 0 Å². The van der Waals surface area contributed by atoms with Crippen LogP contribution in [0.3, 0.4) is 0 Å². The van der Waals surface area contributed by atoms with Crippen LogP contribution in [0.25, 0.3) is 0 Å². The monoisotopic (exact) mass is 330 g/mol. The third-order valence-corrected chi connectivity index (χ3v) is 4.69. The van der Waals surface area contributed by atoms with Crippen LogP contribution in [-0.4, -0.2) is 29.1 Å². The highest BCUT2D eigenvalue weighted by Crippen LogP contribution is 2.27. The van der Waals surface area contributed by atoms with Crippen molar-refractivity contribution in [3.63, 3.8) is 0 Å². The van der Waals surface area contributed by atoms with Gasteiger partial charge in [0.25, 0.3) is 5.91 Å². The van der Waals surface area contributed by atoms with Crippen LogP contribution >= 0.6 is 0 Å². The maximum absolute atomic E-state index is 13.5. The van der Waals surface area contributed by atoms with E-state index >= 15 is 0 Å². The Kier molecular flexibility index (Phi) is 3.96. The number of carbonyl (C=O) groups excluding carboxylic acids is 1. The molecule has 0 spiro atoms. The Labute approximate surface area is 139 Å². The van der Waals surface area contributed by atoms with E-state index in [9.17, 15) is 9.18 Å². The van der Waals surface area contributed by atoms with E-state index in [1.165, 1.54) is 12.1 Å². The van der Waals surface area contributed by atoms with Crippen molar-refractivity contribution >= 4 is 5.91 Å². The van der Waals surface area contributed by atoms with E-state index < -0.39 is 0 Å². The topological polar surface area (TPSA) is 55.6 Å². The molecule has 0 radical (unpaired) electrons. The van der Waals surface area contributed by atoms with Gasteiger partial charge in [-0.15, -0.1) is 0 Å². The third-order valence-electron chi connectivity index (χ3n) is 4.69. The van der Waals surface area contributed by atoms with Crippen LogP contribution in [-0.2, 0) is 19.4 Å². The summed E-state index contributed by atoms with van der Waals surface area (Å²) in [7, 11) is 0. The SMILES string of the molecule is O=C(c1noc2c1CCCCC2)N1CCOc2ccc(F)cc2C1. The van der Waals surface area contributed by atoms with Crippen molar-refractivity contribution in [1.29, 1.82) is 0 Å². The van der Waals surface area contributed by atoms with Gasteiger partial charge in [-0.3, -0.25) is 4.79 Å². The second kappa shape index (κ2) is 6.26. The molecular weight excluding hydrogens is 311 g/mol. The molecule has 0 N–H and O–H groups in total. The fourth-order valence-corrected chi connectivity index (χ4v) is 3.42. The summed E-state index contributed by atoms with van der Waals surface area (Å²) in [5.74, 6) is 0.976. The number of aryl methyl sites for hydroxylation is 1. The number of rotatable bonds is 1. The minimum absolute atomic E-state index is 0.164. The molecule has 5 nitrogen and oxygen atoms in total. The van der Waals surface area contributed by atoms with Gasteiger partial charge in [-0.1, -0.05) is 11.6 Å². The molecule has 1 aliphatic carbocycles. The zero-order valence-corrected chi connectivity index (χ0v) is 13.4. The number of amides is 1. The molecule has 2 aliphatic rings. The van der Waals surface area contributed by atoms with Gasteiger partial charge in [0.15, 0.2) is 5.69 Å². The lowest BCUT2D eigenvalue weighted by molar-refractivity contribution is 0.0721. The molecule has 0 saturated carbocycles. The number of hydrogen-bond acceptors (Lipinski definition) is 4. The maximum Gasteiger partial charge on any atom is 0.276 e. The smallest absolute Gasteiger partial charge is 0.276 e. The van der Waals surface area contributed by atoms with Crippen LogP contribution in [0.1, 0.15) is 46.6 Å². The predicted octanol–water partition coefficient (Wildman–Crippen LogP) is 3.12. The normalized spacial score (nSPS) is 17.3. The summed E-state index contributed by atoms with van der Waals surface area (Å²) in [4.78, 5) is 14.6. The third kappa shape index (κ3) is 2.77. The highest BCUT2D eigenvalue weighted by Gasteiger charge is 2.28. The average molecular weight is 330 g/mol. The van der Waals surface area contributed by atoms with E-state index in [1.54, 1.807) is 11.0 Å². The first-order valence-corrected chi connectivity index (χ1v) is 8.40. The Hall–Kier alpha value is -2.37. The zero-order chi connectivity index (χ0) is 16.5. The van der Waals surface area contributed by atoms with Gasteiger partial charge >= 0.3 is 0 Å². The number of hydrogen-bond donors (Lipinski definition) is 0. The van der Waals surface area contributed by atoms with E-state index in [0.29, 0.717) is 36.7 Å². The summed E-state index contributed by atoms with van der Waals surface area (Å²) < 4.78 is 24.6. The van der Waals surface area contributed by atoms with E-state index in [-0.39, 0.29) is 11.7 Å². The molecule has 126 valence electrons. The van der Waals surface area contributed by atoms with Crippen molar-refractivity contribution in [2.75, 3.05) is 13.2 Å². The first-order chi connectivity index (χ1) is 11.7. The zero-order valence-electron chi connectivity index (χ0n) is 13.4. The molecule has 0 fully saturated rings. The Balaban J connectivity index is 1.62. The van der Waals surface area contributed by atoms with Crippen LogP contribution in [0.15, 0.2) is 22.7 Å². The second-order valence-corrected chi connectivity index (χ2v) is 6.32. The van der Waals surface area contributed by atoms with Gasteiger partial charge in [0, 0.05) is 24.1 Å². The highest BCUT2D eigenvalue weighted by atomic mass is 19.1. The summed E-state index contributed by atoms with van der Waals surface area (Å²) in [5.41, 5.74) is 2.03. The number of fused-ring (bicyclic) bond motifs is 2. The molecular formula is C18H19FN2O3. The molecule has 0 bridgehead atoms. The van der Waals surface area contributed by atoms with Crippen LogP contribution in [0.2, 0.25) is 0 Å². The largest absolute Gasteiger partial charge is 0.491 e. The summed E-state index contributed by atoms with van der Waals surface area (Å²) >= 11 is 0.